The molecule has 0 saturated carbocycles. The fraction of sp³-hybridized carbons (Fsp3) is 0.0909. The zero-order valence-electron chi connectivity index (χ0n) is 10.5. The molecule has 2 aromatic rings. The van der Waals surface area contributed by atoms with Crippen LogP contribution in [0.4, 0.5) is 30.4 Å². The zero-order chi connectivity index (χ0) is 16.7. The molecule has 1 aromatic heterocycles. The van der Waals surface area contributed by atoms with E-state index in [0.29, 0.717) is 6.20 Å². The van der Waals surface area contributed by atoms with Crippen molar-refractivity contribution < 1.29 is 28.5 Å². The number of alkyl halides is 3. The number of benzene rings is 1. The minimum atomic E-state index is -4.80. The highest BCUT2D eigenvalue weighted by Crippen LogP contribution is 2.45. The number of phenols is 3. The van der Waals surface area contributed by atoms with Crippen LogP contribution in [0.1, 0.15) is 5.56 Å². The van der Waals surface area contributed by atoms with E-state index in [-0.39, 0.29) is 0 Å². The van der Waals surface area contributed by atoms with Gasteiger partial charge in [-0.05, 0) is 11.6 Å². The van der Waals surface area contributed by atoms with Crippen LogP contribution in [-0.4, -0.2) is 25.3 Å². The number of nitrogens with two attached hydrogens (primary N) is 1. The standard InChI is InChI=1S/C11H8ClF3N4O3/c12-10-17-2-3(11(13,14)15)9(19-10)18-7-5(21)1-4(20)6(16)8(7)22/h1-2,20-22H,16H2,(H,17,18,19). The van der Waals surface area contributed by atoms with Crippen molar-refractivity contribution in [3.05, 3.63) is 23.1 Å². The fourth-order valence-corrected chi connectivity index (χ4v) is 1.69. The van der Waals surface area contributed by atoms with E-state index < -0.39 is 51.5 Å². The van der Waals surface area contributed by atoms with Crippen LogP contribution in [0.3, 0.4) is 0 Å². The molecule has 0 aliphatic rings. The molecule has 1 heterocycles. The second-order valence-corrected chi connectivity index (χ2v) is 4.41. The maximum absolute atomic E-state index is 12.9. The molecule has 0 amide bonds. The number of nitrogen functional groups attached to an aromatic ring is 1. The smallest absolute Gasteiger partial charge is 0.421 e. The summed E-state index contributed by atoms with van der Waals surface area (Å²) in [6.07, 6.45) is -4.36. The maximum atomic E-state index is 12.9. The lowest BCUT2D eigenvalue weighted by Gasteiger charge is -2.16. The Morgan fingerprint density at radius 1 is 1.18 bits per heavy atom. The number of aromatic nitrogens is 2. The van der Waals surface area contributed by atoms with E-state index >= 15 is 0 Å². The molecule has 0 aliphatic heterocycles. The second-order valence-electron chi connectivity index (χ2n) is 4.08. The summed E-state index contributed by atoms with van der Waals surface area (Å²) in [7, 11) is 0. The Balaban J connectivity index is 2.57. The summed E-state index contributed by atoms with van der Waals surface area (Å²) in [6, 6.07) is 0.743. The van der Waals surface area contributed by atoms with Crippen molar-refractivity contribution >= 4 is 28.8 Å². The third-order valence-corrected chi connectivity index (χ3v) is 2.79. The molecule has 0 atom stereocenters. The monoisotopic (exact) mass is 336 g/mol. The Hall–Kier alpha value is -2.62. The molecular weight excluding hydrogens is 329 g/mol. The largest absolute Gasteiger partial charge is 0.505 e. The highest BCUT2D eigenvalue weighted by Gasteiger charge is 2.35. The van der Waals surface area contributed by atoms with Gasteiger partial charge in [-0.1, -0.05) is 0 Å². The molecule has 0 saturated heterocycles. The molecule has 0 spiro atoms. The summed E-state index contributed by atoms with van der Waals surface area (Å²) in [5.74, 6) is -3.03. The van der Waals surface area contributed by atoms with E-state index in [2.05, 4.69) is 15.3 Å². The SMILES string of the molecule is Nc1c(O)cc(O)c(Nc2nc(Cl)ncc2C(F)(F)F)c1O. The number of halogens is 4. The number of nitrogens with zero attached hydrogens (tertiary/aromatic N) is 2. The van der Waals surface area contributed by atoms with Crippen LogP contribution in [0.2, 0.25) is 5.28 Å². The number of hydrogen-bond acceptors (Lipinski definition) is 7. The predicted octanol–water partition coefficient (Wildman–Crippen LogP) is 2.59. The Morgan fingerprint density at radius 3 is 2.41 bits per heavy atom. The van der Waals surface area contributed by atoms with Gasteiger partial charge in [0.15, 0.2) is 5.75 Å². The molecule has 0 radical (unpaired) electrons. The highest BCUT2D eigenvalue weighted by atomic mass is 35.5. The summed E-state index contributed by atoms with van der Waals surface area (Å²) < 4.78 is 38.6. The zero-order valence-corrected chi connectivity index (χ0v) is 11.2. The second kappa shape index (κ2) is 5.30. The van der Waals surface area contributed by atoms with Crippen molar-refractivity contribution in [1.29, 1.82) is 0 Å². The molecule has 0 unspecified atom stereocenters. The normalized spacial score (nSPS) is 11.5. The molecule has 7 nitrogen and oxygen atoms in total. The summed E-state index contributed by atoms with van der Waals surface area (Å²) in [4.78, 5) is 6.60. The van der Waals surface area contributed by atoms with Crippen LogP contribution in [0.15, 0.2) is 12.3 Å². The van der Waals surface area contributed by atoms with Crippen molar-refractivity contribution in [2.45, 2.75) is 6.18 Å². The highest BCUT2D eigenvalue weighted by molar-refractivity contribution is 6.28. The Labute approximate surface area is 125 Å². The first-order chi connectivity index (χ1) is 10.1. The van der Waals surface area contributed by atoms with Gasteiger partial charge >= 0.3 is 6.18 Å². The van der Waals surface area contributed by atoms with Gasteiger partial charge in [0.2, 0.25) is 5.28 Å². The lowest BCUT2D eigenvalue weighted by atomic mass is 10.2. The number of nitrogens with one attached hydrogen (secondary N) is 1. The summed E-state index contributed by atoms with van der Waals surface area (Å²) in [5, 5.41) is 30.2. The van der Waals surface area contributed by atoms with Crippen molar-refractivity contribution in [1.82, 2.24) is 9.97 Å². The van der Waals surface area contributed by atoms with Crippen LogP contribution in [0, 0.1) is 0 Å². The number of phenolic OH excluding ortho intramolecular Hbond substituents is 3. The molecule has 2 rings (SSSR count). The third kappa shape index (κ3) is 2.86. The van der Waals surface area contributed by atoms with Crippen LogP contribution < -0.4 is 11.1 Å². The van der Waals surface area contributed by atoms with E-state index in [1.54, 1.807) is 0 Å². The first-order valence-electron chi connectivity index (χ1n) is 5.51. The van der Waals surface area contributed by atoms with Gasteiger partial charge in [0.05, 0.1) is 0 Å². The topological polar surface area (TPSA) is 125 Å². The van der Waals surface area contributed by atoms with E-state index in [1.807, 2.05) is 0 Å². The van der Waals surface area contributed by atoms with Crippen molar-refractivity contribution in [3.8, 4) is 17.2 Å². The van der Waals surface area contributed by atoms with Gasteiger partial charge in [-0.3, -0.25) is 0 Å². The molecule has 22 heavy (non-hydrogen) atoms. The third-order valence-electron chi connectivity index (χ3n) is 2.61. The number of aromatic hydroxyl groups is 3. The van der Waals surface area contributed by atoms with Crippen LogP contribution in [0.25, 0.3) is 0 Å². The first-order valence-corrected chi connectivity index (χ1v) is 5.89. The predicted molar refractivity (Wildman–Crippen MR) is 71.2 cm³/mol. The molecule has 0 bridgehead atoms. The Morgan fingerprint density at radius 2 is 1.82 bits per heavy atom. The lowest BCUT2D eigenvalue weighted by molar-refractivity contribution is -0.137. The van der Waals surface area contributed by atoms with E-state index in [4.69, 9.17) is 17.3 Å². The van der Waals surface area contributed by atoms with E-state index in [0.717, 1.165) is 6.07 Å². The number of hydrogen-bond donors (Lipinski definition) is 5. The molecule has 11 heteroatoms. The quantitative estimate of drug-likeness (QED) is 0.247. The minimum Gasteiger partial charge on any atom is -0.505 e. The molecule has 0 fully saturated rings. The van der Waals surface area contributed by atoms with Gasteiger partial charge in [0, 0.05) is 12.3 Å². The van der Waals surface area contributed by atoms with Gasteiger partial charge in [-0.15, -0.1) is 0 Å². The van der Waals surface area contributed by atoms with Crippen molar-refractivity contribution in [2.24, 2.45) is 0 Å². The fourth-order valence-electron chi connectivity index (χ4n) is 1.56. The van der Waals surface area contributed by atoms with Crippen LogP contribution >= 0.6 is 11.6 Å². The van der Waals surface area contributed by atoms with Crippen molar-refractivity contribution in [2.75, 3.05) is 11.1 Å². The minimum absolute atomic E-state index is 0.440. The Bertz CT molecular complexity index is 739. The molecular formula is C11H8ClF3N4O3. The lowest BCUT2D eigenvalue weighted by Crippen LogP contribution is -2.11. The molecule has 118 valence electrons. The van der Waals surface area contributed by atoms with Crippen molar-refractivity contribution in [3.63, 3.8) is 0 Å². The molecule has 1 aromatic carbocycles. The van der Waals surface area contributed by atoms with Gasteiger partial charge < -0.3 is 26.4 Å². The average Bonchev–Trinajstić information content (AvgIpc) is 2.40. The number of rotatable bonds is 2. The summed E-state index contributed by atoms with van der Waals surface area (Å²) in [5.41, 5.74) is 2.94. The Kier molecular flexibility index (Phi) is 3.79. The van der Waals surface area contributed by atoms with Gasteiger partial charge in [0.25, 0.3) is 0 Å². The van der Waals surface area contributed by atoms with Crippen LogP contribution in [-0.2, 0) is 6.18 Å². The number of anilines is 3. The van der Waals surface area contributed by atoms with E-state index in [1.165, 1.54) is 0 Å². The van der Waals surface area contributed by atoms with Gasteiger partial charge in [-0.2, -0.15) is 18.2 Å². The maximum Gasteiger partial charge on any atom is 0.421 e. The van der Waals surface area contributed by atoms with Gasteiger partial charge in [0.1, 0.15) is 34.3 Å². The average molecular weight is 337 g/mol. The van der Waals surface area contributed by atoms with Crippen LogP contribution in [0.5, 0.6) is 17.2 Å². The van der Waals surface area contributed by atoms with Gasteiger partial charge in [-0.25, -0.2) is 4.98 Å². The first kappa shape index (κ1) is 15.8. The molecule has 6 N–H and O–H groups in total. The summed E-state index contributed by atoms with van der Waals surface area (Å²) >= 11 is 5.45. The summed E-state index contributed by atoms with van der Waals surface area (Å²) in [6.45, 7) is 0. The molecule has 0 aliphatic carbocycles. The van der Waals surface area contributed by atoms with E-state index in [9.17, 15) is 28.5 Å².